The second-order valence-electron chi connectivity index (χ2n) is 5.65. The Morgan fingerprint density at radius 3 is 2.36 bits per heavy atom. The zero-order valence-corrected chi connectivity index (χ0v) is 13.4. The molecule has 0 unspecified atom stereocenters. The maximum atomic E-state index is 12.4. The number of hydrogen-bond acceptors (Lipinski definition) is 3. The fourth-order valence-electron chi connectivity index (χ4n) is 2.28. The van der Waals surface area contributed by atoms with Crippen molar-refractivity contribution in [3.63, 3.8) is 0 Å². The van der Waals surface area contributed by atoms with Crippen LogP contribution in [0.3, 0.4) is 0 Å². The van der Waals surface area contributed by atoms with Gasteiger partial charge in [0.05, 0.1) is 9.88 Å². The molecule has 1 fully saturated rings. The predicted molar refractivity (Wildman–Crippen MR) is 89.5 cm³/mol. The molecular formula is C17H18N2O2S. The van der Waals surface area contributed by atoms with Gasteiger partial charge in [0.1, 0.15) is 0 Å². The zero-order valence-electron chi connectivity index (χ0n) is 12.6. The molecular weight excluding hydrogens is 296 g/mol. The van der Waals surface area contributed by atoms with Crippen LogP contribution in [0.1, 0.15) is 33.6 Å². The molecule has 1 aliphatic rings. The van der Waals surface area contributed by atoms with Gasteiger partial charge in [-0.2, -0.15) is 0 Å². The number of carbonyl (C=O) groups is 2. The van der Waals surface area contributed by atoms with Crippen molar-refractivity contribution in [1.29, 1.82) is 0 Å². The number of aryl methyl sites for hydroxylation is 2. The van der Waals surface area contributed by atoms with Crippen LogP contribution in [-0.2, 0) is 4.79 Å². The minimum atomic E-state index is -0.144. The van der Waals surface area contributed by atoms with Gasteiger partial charge in [-0.25, -0.2) is 0 Å². The van der Waals surface area contributed by atoms with Gasteiger partial charge in [-0.15, -0.1) is 11.3 Å². The average molecular weight is 314 g/mol. The van der Waals surface area contributed by atoms with Crippen molar-refractivity contribution in [3.8, 4) is 0 Å². The highest BCUT2D eigenvalue weighted by molar-refractivity contribution is 7.18. The molecule has 2 aromatic rings. The molecule has 22 heavy (non-hydrogen) atoms. The molecule has 3 rings (SSSR count). The third-order valence-electron chi connectivity index (χ3n) is 3.74. The first-order chi connectivity index (χ1) is 10.5. The van der Waals surface area contributed by atoms with Crippen molar-refractivity contribution in [2.75, 3.05) is 10.6 Å². The van der Waals surface area contributed by atoms with E-state index in [0.29, 0.717) is 4.88 Å². The van der Waals surface area contributed by atoms with Crippen molar-refractivity contribution in [3.05, 3.63) is 46.3 Å². The minimum absolute atomic E-state index is 0.0588. The summed E-state index contributed by atoms with van der Waals surface area (Å²) in [5, 5.41) is 6.55. The summed E-state index contributed by atoms with van der Waals surface area (Å²) < 4.78 is 0. The molecule has 2 N–H and O–H groups in total. The summed E-state index contributed by atoms with van der Waals surface area (Å²) in [5.41, 5.74) is 2.92. The van der Waals surface area contributed by atoms with Crippen molar-refractivity contribution in [2.24, 2.45) is 5.92 Å². The Morgan fingerprint density at radius 1 is 1.05 bits per heavy atom. The van der Waals surface area contributed by atoms with Crippen molar-refractivity contribution in [1.82, 2.24) is 0 Å². The van der Waals surface area contributed by atoms with Crippen LogP contribution < -0.4 is 10.6 Å². The third-order valence-corrected chi connectivity index (χ3v) is 4.74. The van der Waals surface area contributed by atoms with Crippen LogP contribution >= 0.6 is 11.3 Å². The van der Waals surface area contributed by atoms with Crippen molar-refractivity contribution < 1.29 is 9.59 Å². The van der Waals surface area contributed by atoms with Crippen LogP contribution in [0, 0.1) is 19.8 Å². The van der Waals surface area contributed by atoms with Gasteiger partial charge in [-0.1, -0.05) is 18.2 Å². The molecule has 0 bridgehead atoms. The maximum absolute atomic E-state index is 12.4. The van der Waals surface area contributed by atoms with Crippen LogP contribution in [0.5, 0.6) is 0 Å². The lowest BCUT2D eigenvalue weighted by atomic mass is 10.1. The fourth-order valence-corrected chi connectivity index (χ4v) is 3.09. The lowest BCUT2D eigenvalue weighted by Gasteiger charge is -2.10. The Bertz CT molecular complexity index is 712. The van der Waals surface area contributed by atoms with E-state index in [2.05, 4.69) is 10.6 Å². The van der Waals surface area contributed by atoms with Gasteiger partial charge in [-0.3, -0.25) is 9.59 Å². The van der Waals surface area contributed by atoms with E-state index < -0.39 is 0 Å². The highest BCUT2D eigenvalue weighted by atomic mass is 32.1. The molecule has 4 nitrogen and oxygen atoms in total. The molecule has 1 aromatic heterocycles. The van der Waals surface area contributed by atoms with Crippen molar-refractivity contribution in [2.45, 2.75) is 26.7 Å². The van der Waals surface area contributed by atoms with Gasteiger partial charge < -0.3 is 10.6 Å². The summed E-state index contributed by atoms with van der Waals surface area (Å²) >= 11 is 1.30. The van der Waals surface area contributed by atoms with E-state index in [1.54, 1.807) is 12.1 Å². The molecule has 2 amide bonds. The van der Waals surface area contributed by atoms with E-state index in [4.69, 9.17) is 0 Å². The Balaban J connectivity index is 1.70. The Labute approximate surface area is 133 Å². The molecule has 0 atom stereocenters. The SMILES string of the molecule is Cc1cccc(C)c1NC(=O)c1ccc(NC(=O)C2CC2)s1. The average Bonchev–Trinajstić information content (AvgIpc) is 3.23. The molecule has 1 heterocycles. The summed E-state index contributed by atoms with van der Waals surface area (Å²) in [6.07, 6.45) is 1.94. The van der Waals surface area contributed by atoms with Gasteiger partial charge in [-0.05, 0) is 49.9 Å². The lowest BCUT2D eigenvalue weighted by molar-refractivity contribution is -0.117. The summed E-state index contributed by atoms with van der Waals surface area (Å²) in [5.74, 6) is 0.0758. The number of rotatable bonds is 4. The molecule has 0 aliphatic heterocycles. The number of thiophene rings is 1. The first-order valence-corrected chi connectivity index (χ1v) is 8.14. The van der Waals surface area contributed by atoms with E-state index in [1.165, 1.54) is 11.3 Å². The summed E-state index contributed by atoms with van der Waals surface area (Å²) in [6.45, 7) is 3.94. The third kappa shape index (κ3) is 3.20. The smallest absolute Gasteiger partial charge is 0.265 e. The highest BCUT2D eigenvalue weighted by Crippen LogP contribution is 2.32. The molecule has 1 saturated carbocycles. The second-order valence-corrected chi connectivity index (χ2v) is 6.73. The number of carbonyl (C=O) groups excluding carboxylic acids is 2. The first kappa shape index (κ1) is 14.8. The monoisotopic (exact) mass is 314 g/mol. The number of amides is 2. The fraction of sp³-hybridized carbons (Fsp3) is 0.294. The highest BCUT2D eigenvalue weighted by Gasteiger charge is 2.29. The van der Waals surface area contributed by atoms with E-state index in [-0.39, 0.29) is 17.7 Å². The number of anilines is 2. The molecule has 1 aromatic carbocycles. The molecule has 1 aliphatic carbocycles. The molecule has 114 valence electrons. The van der Waals surface area contributed by atoms with E-state index in [9.17, 15) is 9.59 Å². The van der Waals surface area contributed by atoms with Crippen LogP contribution in [0.15, 0.2) is 30.3 Å². The standard InChI is InChI=1S/C17H18N2O2S/c1-10-4-3-5-11(2)15(10)19-17(21)13-8-9-14(22-13)18-16(20)12-6-7-12/h3-5,8-9,12H,6-7H2,1-2H3,(H,18,20)(H,19,21). The van der Waals surface area contributed by atoms with Crippen molar-refractivity contribution >= 4 is 33.8 Å². The van der Waals surface area contributed by atoms with Crippen LogP contribution in [0.25, 0.3) is 0 Å². The van der Waals surface area contributed by atoms with Crippen LogP contribution in [0.4, 0.5) is 10.7 Å². The van der Waals surface area contributed by atoms with Crippen LogP contribution in [0.2, 0.25) is 0 Å². The van der Waals surface area contributed by atoms with Gasteiger partial charge in [0.15, 0.2) is 0 Å². The Hall–Kier alpha value is -2.14. The number of benzene rings is 1. The molecule has 5 heteroatoms. The number of hydrogen-bond donors (Lipinski definition) is 2. The first-order valence-electron chi connectivity index (χ1n) is 7.33. The van der Waals surface area contributed by atoms with E-state index in [0.717, 1.165) is 34.7 Å². The zero-order chi connectivity index (χ0) is 15.7. The molecule has 0 spiro atoms. The largest absolute Gasteiger partial charge is 0.321 e. The Morgan fingerprint density at radius 2 is 1.73 bits per heavy atom. The summed E-state index contributed by atoms with van der Waals surface area (Å²) in [7, 11) is 0. The quantitative estimate of drug-likeness (QED) is 0.897. The second kappa shape index (κ2) is 5.93. The van der Waals surface area contributed by atoms with Gasteiger partial charge >= 0.3 is 0 Å². The van der Waals surface area contributed by atoms with Gasteiger partial charge in [0, 0.05) is 11.6 Å². The van der Waals surface area contributed by atoms with E-state index in [1.807, 2.05) is 32.0 Å². The van der Waals surface area contributed by atoms with Gasteiger partial charge in [0.2, 0.25) is 5.91 Å². The number of para-hydroxylation sites is 1. The summed E-state index contributed by atoms with van der Waals surface area (Å²) in [4.78, 5) is 24.7. The normalized spacial score (nSPS) is 13.7. The molecule has 0 saturated heterocycles. The lowest BCUT2D eigenvalue weighted by Crippen LogP contribution is -2.13. The van der Waals surface area contributed by atoms with Gasteiger partial charge in [0.25, 0.3) is 5.91 Å². The minimum Gasteiger partial charge on any atom is -0.321 e. The van der Waals surface area contributed by atoms with Crippen LogP contribution in [-0.4, -0.2) is 11.8 Å². The summed E-state index contributed by atoms with van der Waals surface area (Å²) in [6, 6.07) is 9.44. The number of nitrogens with one attached hydrogen (secondary N) is 2. The molecule has 0 radical (unpaired) electrons. The topological polar surface area (TPSA) is 58.2 Å². The maximum Gasteiger partial charge on any atom is 0.265 e. The Kier molecular flexibility index (Phi) is 3.98. The predicted octanol–water partition coefficient (Wildman–Crippen LogP) is 3.97. The van der Waals surface area contributed by atoms with E-state index >= 15 is 0 Å².